The Kier molecular flexibility index (Phi) is 4.71. The Morgan fingerprint density at radius 1 is 1.53 bits per heavy atom. The topological polar surface area (TPSA) is 52.3 Å². The summed E-state index contributed by atoms with van der Waals surface area (Å²) in [5.41, 5.74) is 1.41. The average molecular weight is 300 g/mol. The van der Waals surface area contributed by atoms with E-state index in [1.807, 2.05) is 13.8 Å². The minimum Gasteiger partial charge on any atom is -0.463 e. The van der Waals surface area contributed by atoms with Crippen LogP contribution < -0.4 is 0 Å². The molecule has 0 aliphatic heterocycles. The first-order valence-electron chi connectivity index (χ1n) is 5.93. The fraction of sp³-hybridized carbons (Fsp3) is 0.385. The van der Waals surface area contributed by atoms with Crippen LogP contribution in [0.2, 0.25) is 5.02 Å². The molecule has 0 atom stereocenters. The van der Waals surface area contributed by atoms with Gasteiger partial charge in [0.2, 0.25) is 0 Å². The minimum absolute atomic E-state index is 0.0797. The second-order valence-electron chi connectivity index (χ2n) is 4.23. The molecule has 6 heteroatoms. The van der Waals surface area contributed by atoms with Gasteiger partial charge in [-0.25, -0.2) is 4.98 Å². The highest BCUT2D eigenvalue weighted by Crippen LogP contribution is 2.25. The van der Waals surface area contributed by atoms with E-state index in [2.05, 4.69) is 4.98 Å². The van der Waals surface area contributed by atoms with Crippen LogP contribution >= 0.6 is 23.4 Å². The maximum atomic E-state index is 11.4. The van der Waals surface area contributed by atoms with Gasteiger partial charge in [0.1, 0.15) is 5.52 Å². The lowest BCUT2D eigenvalue weighted by molar-refractivity contribution is -0.146. The Morgan fingerprint density at radius 2 is 2.32 bits per heavy atom. The molecule has 1 aromatic heterocycles. The lowest BCUT2D eigenvalue weighted by atomic mass is 10.3. The highest BCUT2D eigenvalue weighted by molar-refractivity contribution is 7.99. The van der Waals surface area contributed by atoms with Crippen molar-refractivity contribution in [3.8, 4) is 0 Å². The van der Waals surface area contributed by atoms with E-state index in [0.717, 1.165) is 5.52 Å². The summed E-state index contributed by atoms with van der Waals surface area (Å²) in [6, 6.07) is 5.28. The number of halogens is 1. The number of esters is 1. The summed E-state index contributed by atoms with van der Waals surface area (Å²) in [7, 11) is 0. The van der Waals surface area contributed by atoms with Crippen LogP contribution in [0.5, 0.6) is 0 Å². The van der Waals surface area contributed by atoms with E-state index in [4.69, 9.17) is 20.8 Å². The number of hydrogen-bond acceptors (Lipinski definition) is 5. The molecule has 0 bridgehead atoms. The predicted octanol–water partition coefficient (Wildman–Crippen LogP) is 3.92. The SMILES string of the molecule is CC(C)OC(=O)CCSc1nc2cc(Cl)ccc2o1. The van der Waals surface area contributed by atoms with E-state index < -0.39 is 0 Å². The van der Waals surface area contributed by atoms with E-state index in [1.54, 1.807) is 18.2 Å². The molecule has 1 heterocycles. The average Bonchev–Trinajstić information content (AvgIpc) is 2.69. The summed E-state index contributed by atoms with van der Waals surface area (Å²) in [6.07, 6.45) is 0.256. The minimum atomic E-state index is -0.207. The molecule has 0 radical (unpaired) electrons. The van der Waals surface area contributed by atoms with Crippen LogP contribution in [0.3, 0.4) is 0 Å². The quantitative estimate of drug-likeness (QED) is 0.619. The molecule has 0 saturated carbocycles. The fourth-order valence-electron chi connectivity index (χ4n) is 1.48. The van der Waals surface area contributed by atoms with Gasteiger partial charge in [-0.3, -0.25) is 4.79 Å². The van der Waals surface area contributed by atoms with Crippen LogP contribution in [-0.4, -0.2) is 22.8 Å². The number of benzene rings is 1. The van der Waals surface area contributed by atoms with Gasteiger partial charge in [0.05, 0.1) is 12.5 Å². The molecule has 2 aromatic rings. The van der Waals surface area contributed by atoms with Crippen molar-refractivity contribution in [3.05, 3.63) is 23.2 Å². The number of fused-ring (bicyclic) bond motifs is 1. The van der Waals surface area contributed by atoms with Crippen LogP contribution in [0.15, 0.2) is 27.8 Å². The Labute approximate surface area is 120 Å². The Balaban J connectivity index is 1.89. The summed E-state index contributed by atoms with van der Waals surface area (Å²) in [4.78, 5) is 15.6. The van der Waals surface area contributed by atoms with Crippen molar-refractivity contribution in [1.29, 1.82) is 0 Å². The highest BCUT2D eigenvalue weighted by Gasteiger charge is 2.09. The molecule has 0 spiro atoms. The van der Waals surface area contributed by atoms with Crippen LogP contribution in [0.4, 0.5) is 0 Å². The first-order valence-corrected chi connectivity index (χ1v) is 7.29. The smallest absolute Gasteiger partial charge is 0.306 e. The number of nitrogens with zero attached hydrogens (tertiary/aromatic N) is 1. The van der Waals surface area contributed by atoms with E-state index in [1.165, 1.54) is 11.8 Å². The lowest BCUT2D eigenvalue weighted by Crippen LogP contribution is -2.11. The van der Waals surface area contributed by atoms with Gasteiger partial charge in [-0.15, -0.1) is 0 Å². The molecule has 0 aliphatic rings. The monoisotopic (exact) mass is 299 g/mol. The summed E-state index contributed by atoms with van der Waals surface area (Å²) >= 11 is 7.26. The molecule has 0 saturated heterocycles. The third kappa shape index (κ3) is 4.14. The van der Waals surface area contributed by atoms with Crippen molar-refractivity contribution < 1.29 is 13.9 Å². The number of thioether (sulfide) groups is 1. The van der Waals surface area contributed by atoms with Gasteiger partial charge < -0.3 is 9.15 Å². The first-order chi connectivity index (χ1) is 9.04. The summed E-state index contributed by atoms with van der Waals surface area (Å²) < 4.78 is 10.6. The molecule has 19 heavy (non-hydrogen) atoms. The second kappa shape index (κ2) is 6.30. The van der Waals surface area contributed by atoms with Gasteiger partial charge in [0, 0.05) is 10.8 Å². The number of carbonyl (C=O) groups is 1. The second-order valence-corrected chi connectivity index (χ2v) is 5.71. The van der Waals surface area contributed by atoms with Crippen molar-refractivity contribution in [3.63, 3.8) is 0 Å². The molecule has 0 unspecified atom stereocenters. The number of aromatic nitrogens is 1. The van der Waals surface area contributed by atoms with Crippen LogP contribution in [0.1, 0.15) is 20.3 Å². The van der Waals surface area contributed by atoms with Gasteiger partial charge >= 0.3 is 5.97 Å². The van der Waals surface area contributed by atoms with Crippen molar-refractivity contribution in [2.24, 2.45) is 0 Å². The van der Waals surface area contributed by atoms with E-state index >= 15 is 0 Å². The van der Waals surface area contributed by atoms with Crippen LogP contribution in [0.25, 0.3) is 11.1 Å². The summed E-state index contributed by atoms with van der Waals surface area (Å²) in [5, 5.41) is 1.16. The lowest BCUT2D eigenvalue weighted by Gasteiger charge is -2.06. The molecular weight excluding hydrogens is 286 g/mol. The van der Waals surface area contributed by atoms with Gasteiger partial charge in [-0.2, -0.15) is 0 Å². The van der Waals surface area contributed by atoms with Gasteiger partial charge in [0.15, 0.2) is 5.58 Å². The number of hydrogen-bond donors (Lipinski definition) is 0. The Morgan fingerprint density at radius 3 is 3.05 bits per heavy atom. The molecule has 0 aliphatic carbocycles. The number of rotatable bonds is 5. The molecule has 0 fully saturated rings. The zero-order valence-corrected chi connectivity index (χ0v) is 12.3. The van der Waals surface area contributed by atoms with Crippen molar-refractivity contribution in [2.75, 3.05) is 5.75 Å². The zero-order chi connectivity index (χ0) is 13.8. The summed E-state index contributed by atoms with van der Waals surface area (Å²) in [6.45, 7) is 3.66. The third-order valence-electron chi connectivity index (χ3n) is 2.23. The standard InChI is InChI=1S/C13H14ClNO3S/c1-8(2)17-12(16)5-6-19-13-15-10-7-9(14)3-4-11(10)18-13/h3-4,7-8H,5-6H2,1-2H3. The first kappa shape index (κ1) is 14.2. The van der Waals surface area contributed by atoms with E-state index in [9.17, 15) is 4.79 Å². The van der Waals surface area contributed by atoms with E-state index in [-0.39, 0.29) is 12.1 Å². The summed E-state index contributed by atoms with van der Waals surface area (Å²) in [5.74, 6) is 0.369. The molecule has 0 N–H and O–H groups in total. The molecule has 2 rings (SSSR count). The Hall–Kier alpha value is -1.20. The highest BCUT2D eigenvalue weighted by atomic mass is 35.5. The maximum absolute atomic E-state index is 11.4. The fourth-order valence-corrected chi connectivity index (χ4v) is 2.41. The van der Waals surface area contributed by atoms with Gasteiger partial charge in [-0.05, 0) is 32.0 Å². The van der Waals surface area contributed by atoms with Crippen LogP contribution in [-0.2, 0) is 9.53 Å². The molecule has 0 amide bonds. The van der Waals surface area contributed by atoms with Gasteiger partial charge in [-0.1, -0.05) is 23.4 Å². The normalized spacial score (nSPS) is 11.2. The number of oxazole rings is 1. The number of carbonyl (C=O) groups excluding carboxylic acids is 1. The van der Waals surface area contributed by atoms with E-state index in [0.29, 0.717) is 28.0 Å². The van der Waals surface area contributed by atoms with Crippen molar-refractivity contribution in [2.45, 2.75) is 31.6 Å². The molecular formula is C13H14ClNO3S. The van der Waals surface area contributed by atoms with Gasteiger partial charge in [0.25, 0.3) is 5.22 Å². The van der Waals surface area contributed by atoms with Crippen molar-refractivity contribution >= 4 is 40.4 Å². The molecule has 102 valence electrons. The largest absolute Gasteiger partial charge is 0.463 e. The maximum Gasteiger partial charge on any atom is 0.306 e. The number of ether oxygens (including phenoxy) is 1. The Bertz CT molecular complexity index is 582. The predicted molar refractivity (Wildman–Crippen MR) is 75.6 cm³/mol. The zero-order valence-electron chi connectivity index (χ0n) is 10.7. The van der Waals surface area contributed by atoms with Crippen molar-refractivity contribution in [1.82, 2.24) is 4.98 Å². The molecule has 1 aromatic carbocycles. The third-order valence-corrected chi connectivity index (χ3v) is 3.29. The van der Waals surface area contributed by atoms with Crippen LogP contribution in [0, 0.1) is 0 Å². The molecule has 4 nitrogen and oxygen atoms in total.